The van der Waals surface area contributed by atoms with Crippen LogP contribution in [0.25, 0.3) is 10.8 Å². The van der Waals surface area contributed by atoms with Crippen molar-refractivity contribution in [3.05, 3.63) is 77.9 Å². The lowest BCUT2D eigenvalue weighted by molar-refractivity contribution is -0.370. The van der Waals surface area contributed by atoms with Gasteiger partial charge in [-0.2, -0.15) is 0 Å². The van der Waals surface area contributed by atoms with Gasteiger partial charge in [0.15, 0.2) is 0 Å². The second kappa shape index (κ2) is 7.30. The van der Waals surface area contributed by atoms with E-state index >= 15 is 0 Å². The van der Waals surface area contributed by atoms with Gasteiger partial charge in [-0.3, -0.25) is 0 Å². The van der Waals surface area contributed by atoms with Crippen molar-refractivity contribution < 1.29 is 22.9 Å². The highest BCUT2D eigenvalue weighted by Crippen LogP contribution is 2.34. The van der Waals surface area contributed by atoms with Crippen molar-refractivity contribution in [2.45, 2.75) is 5.92 Å². The first-order valence-electron chi connectivity index (χ1n) is 7.25. The van der Waals surface area contributed by atoms with E-state index in [0.29, 0.717) is 5.92 Å². The highest BCUT2D eigenvalue weighted by Gasteiger charge is 2.18. The molecule has 0 aliphatic rings. The lowest BCUT2D eigenvalue weighted by atomic mass is 9.88. The molecule has 3 rings (SSSR count). The van der Waals surface area contributed by atoms with Crippen LogP contribution in [0.4, 0.5) is 0 Å². The van der Waals surface area contributed by atoms with E-state index in [0.717, 1.165) is 17.7 Å². The highest BCUT2D eigenvalue weighted by molar-refractivity contribution is 5.91. The summed E-state index contributed by atoms with van der Waals surface area (Å²) < 4.78 is 5.49. The first-order chi connectivity index (χ1) is 10.3. The molecule has 1 atom stereocenters. The Kier molecular flexibility index (Phi) is 5.42. The van der Waals surface area contributed by atoms with Gasteiger partial charge in [0.25, 0.3) is 0 Å². The summed E-state index contributed by atoms with van der Waals surface area (Å²) in [4.78, 5) is 0. The Morgan fingerprint density at radius 1 is 0.864 bits per heavy atom. The molecule has 1 unspecified atom stereocenters. The summed E-state index contributed by atoms with van der Waals surface area (Å²) in [6.45, 7) is 0.834. The summed E-state index contributed by atoms with van der Waals surface area (Å²) in [5, 5.41) is 2.40. The molecule has 0 bridgehead atoms. The Morgan fingerprint density at radius 3 is 2.14 bits per heavy atom. The van der Waals surface area contributed by atoms with Gasteiger partial charge in [-0.1, -0.05) is 60.7 Å². The lowest BCUT2D eigenvalue weighted by Crippen LogP contribution is -3.00. The van der Waals surface area contributed by atoms with Crippen molar-refractivity contribution in [2.75, 3.05) is 13.7 Å². The van der Waals surface area contributed by atoms with Crippen LogP contribution in [0, 0.1) is 0 Å². The van der Waals surface area contributed by atoms with E-state index in [9.17, 15) is 0 Å². The van der Waals surface area contributed by atoms with Gasteiger partial charge in [0.2, 0.25) is 0 Å². The lowest BCUT2D eigenvalue weighted by Gasteiger charge is -2.18. The van der Waals surface area contributed by atoms with Crippen LogP contribution in [0.15, 0.2) is 66.7 Å². The maximum absolute atomic E-state index is 5.49. The molecule has 0 aliphatic carbocycles. The number of ether oxygens (including phenoxy) is 1. The Balaban J connectivity index is 0.00000176. The van der Waals surface area contributed by atoms with Gasteiger partial charge in [-0.15, -0.1) is 0 Å². The van der Waals surface area contributed by atoms with Crippen molar-refractivity contribution in [1.82, 2.24) is 0 Å². The fraction of sp³-hybridized carbons (Fsp3) is 0.158. The molecule has 0 fully saturated rings. The fourth-order valence-corrected chi connectivity index (χ4v) is 2.96. The van der Waals surface area contributed by atoms with E-state index in [4.69, 9.17) is 4.74 Å². The topological polar surface area (TPSA) is 36.9 Å². The summed E-state index contributed by atoms with van der Waals surface area (Å²) in [6.07, 6.45) is 0. The summed E-state index contributed by atoms with van der Waals surface area (Å²) in [7, 11) is 1.72. The zero-order valence-corrected chi connectivity index (χ0v) is 13.4. The van der Waals surface area contributed by atoms with Crippen LogP contribution in [0.1, 0.15) is 17.0 Å². The molecular weight excluding hydrogens is 294 g/mol. The van der Waals surface area contributed by atoms with E-state index < -0.39 is 0 Å². The molecule has 0 spiro atoms. The van der Waals surface area contributed by atoms with Crippen LogP contribution in [-0.4, -0.2) is 13.7 Å². The third kappa shape index (κ3) is 2.94. The molecule has 2 nitrogen and oxygen atoms in total. The minimum Gasteiger partial charge on any atom is -1.00 e. The molecule has 114 valence electrons. The van der Waals surface area contributed by atoms with Gasteiger partial charge in [-0.25, -0.2) is 0 Å². The number of quaternary nitrogens is 1. The van der Waals surface area contributed by atoms with Crippen molar-refractivity contribution in [1.29, 1.82) is 0 Å². The zero-order chi connectivity index (χ0) is 14.7. The summed E-state index contributed by atoms with van der Waals surface area (Å²) in [5.74, 6) is 1.23. The molecule has 0 saturated carbocycles. The van der Waals surface area contributed by atoms with Crippen LogP contribution in [0.3, 0.4) is 0 Å². The Morgan fingerprint density at radius 2 is 1.50 bits per heavy atom. The van der Waals surface area contributed by atoms with E-state index in [1.54, 1.807) is 7.11 Å². The molecule has 3 aromatic carbocycles. The van der Waals surface area contributed by atoms with Gasteiger partial charge in [0, 0.05) is 5.39 Å². The maximum Gasteiger partial charge on any atom is 0.126 e. The van der Waals surface area contributed by atoms with Crippen molar-refractivity contribution in [3.8, 4) is 5.75 Å². The number of hydrogen-bond acceptors (Lipinski definition) is 1. The summed E-state index contributed by atoms with van der Waals surface area (Å²) in [6, 6.07) is 23.2. The number of hydrogen-bond donors (Lipinski definition) is 1. The average molecular weight is 314 g/mol. The van der Waals surface area contributed by atoms with E-state index in [2.05, 4.69) is 72.5 Å². The Bertz CT molecular complexity index is 743. The van der Waals surface area contributed by atoms with E-state index in [1.165, 1.54) is 16.5 Å². The minimum absolute atomic E-state index is 0. The normalized spacial score (nSPS) is 11.7. The summed E-state index contributed by atoms with van der Waals surface area (Å²) >= 11 is 0. The fourth-order valence-electron chi connectivity index (χ4n) is 2.96. The number of methoxy groups -OCH3 is 1. The first kappa shape index (κ1) is 16.3. The highest BCUT2D eigenvalue weighted by atomic mass is 35.5. The third-order valence-corrected chi connectivity index (χ3v) is 4.00. The molecular formula is C19H20ClNO. The smallest absolute Gasteiger partial charge is 0.126 e. The van der Waals surface area contributed by atoms with Gasteiger partial charge >= 0.3 is 0 Å². The third-order valence-electron chi connectivity index (χ3n) is 4.00. The molecule has 3 heteroatoms. The van der Waals surface area contributed by atoms with Crippen LogP contribution in [0.5, 0.6) is 5.75 Å². The quantitative estimate of drug-likeness (QED) is 0.735. The van der Waals surface area contributed by atoms with Crippen LogP contribution in [0.2, 0.25) is 0 Å². The number of rotatable bonds is 4. The number of benzene rings is 3. The van der Waals surface area contributed by atoms with Crippen molar-refractivity contribution in [3.63, 3.8) is 0 Å². The van der Waals surface area contributed by atoms with Gasteiger partial charge in [-0.05, 0) is 22.6 Å². The predicted molar refractivity (Wildman–Crippen MR) is 86.5 cm³/mol. The molecule has 3 aromatic rings. The average Bonchev–Trinajstić information content (AvgIpc) is 2.56. The van der Waals surface area contributed by atoms with Gasteiger partial charge < -0.3 is 22.9 Å². The monoisotopic (exact) mass is 313 g/mol. The van der Waals surface area contributed by atoms with Crippen LogP contribution in [-0.2, 0) is 0 Å². The Hall–Kier alpha value is -2.03. The van der Waals surface area contributed by atoms with Gasteiger partial charge in [0.05, 0.1) is 19.6 Å². The van der Waals surface area contributed by atoms with Crippen LogP contribution < -0.4 is 22.9 Å². The molecule has 0 aliphatic heterocycles. The number of halogens is 1. The largest absolute Gasteiger partial charge is 1.00 e. The molecule has 0 amide bonds. The number of fused-ring (bicyclic) bond motifs is 1. The second-order valence-electron chi connectivity index (χ2n) is 5.15. The first-order valence-corrected chi connectivity index (χ1v) is 7.25. The van der Waals surface area contributed by atoms with E-state index in [-0.39, 0.29) is 12.4 Å². The predicted octanol–water partition coefficient (Wildman–Crippen LogP) is 0.226. The second-order valence-corrected chi connectivity index (χ2v) is 5.15. The molecule has 3 N–H and O–H groups in total. The minimum atomic E-state index is 0. The molecule has 0 saturated heterocycles. The van der Waals surface area contributed by atoms with Gasteiger partial charge in [0.1, 0.15) is 5.75 Å². The van der Waals surface area contributed by atoms with Crippen LogP contribution >= 0.6 is 0 Å². The standard InChI is InChI=1S/C19H19NO.ClH/c1-21-19-12-11-16(15-9-5-6-10-17(15)19)18(13-20)14-7-3-2-4-8-14;/h2-12,18H,13,20H2,1H3;1H. The Labute approximate surface area is 137 Å². The SMILES string of the molecule is COc1ccc(C(C[NH3+])c2ccccc2)c2ccccc12.[Cl-]. The zero-order valence-electron chi connectivity index (χ0n) is 12.6. The van der Waals surface area contributed by atoms with Crippen molar-refractivity contribution >= 4 is 10.8 Å². The maximum atomic E-state index is 5.49. The molecule has 0 radical (unpaired) electrons. The summed E-state index contributed by atoms with van der Waals surface area (Å²) in [5.41, 5.74) is 6.78. The van der Waals surface area contributed by atoms with Crippen molar-refractivity contribution in [2.24, 2.45) is 0 Å². The molecule has 22 heavy (non-hydrogen) atoms. The molecule has 0 heterocycles. The molecule has 0 aromatic heterocycles. The van der Waals surface area contributed by atoms with E-state index in [1.807, 2.05) is 0 Å².